The SMILES string of the molecule is CC1=C(C)C(=O)O[C@@H]([C@@](C)(O)[C@]2(O)[C@H](O)C[C@]3(O)[C@H]4CC=C5C[C@@H](O[C@@H]6O[C@H](CO)[C@@H](O)[C@H](O)[C@H]6O)CC(=O)[C@]5(C)[C@@H]4CC[C@]23C)C1. The highest BCUT2D eigenvalue weighted by Gasteiger charge is 2.79. The molecule has 0 aromatic carbocycles. The van der Waals surface area contributed by atoms with E-state index in [1.54, 1.807) is 20.8 Å². The second-order valence-corrected chi connectivity index (χ2v) is 15.6. The van der Waals surface area contributed by atoms with Gasteiger partial charge in [-0.25, -0.2) is 4.79 Å². The third kappa shape index (κ3) is 4.58. The van der Waals surface area contributed by atoms with Crippen LogP contribution in [0.5, 0.6) is 0 Å². The number of hydrogen-bond acceptors (Lipinski definition) is 13. The van der Waals surface area contributed by atoms with E-state index in [2.05, 4.69) is 0 Å². The third-order valence-corrected chi connectivity index (χ3v) is 13.6. The molecule has 0 bridgehead atoms. The summed E-state index contributed by atoms with van der Waals surface area (Å²) in [4.78, 5) is 26.7. The first-order valence-electron chi connectivity index (χ1n) is 16.7. The number of fused-ring (bicyclic) bond motifs is 5. The van der Waals surface area contributed by atoms with Gasteiger partial charge in [-0.2, -0.15) is 0 Å². The minimum Gasteiger partial charge on any atom is -0.455 e. The van der Waals surface area contributed by atoms with Gasteiger partial charge in [0.25, 0.3) is 0 Å². The molecule has 2 heterocycles. The molecule has 0 aromatic rings. The van der Waals surface area contributed by atoms with E-state index >= 15 is 0 Å². The summed E-state index contributed by atoms with van der Waals surface area (Å²) in [6, 6.07) is 0. The molecule has 13 heteroatoms. The normalized spacial score (nSPS) is 51.4. The Labute approximate surface area is 273 Å². The third-order valence-electron chi connectivity index (χ3n) is 13.6. The van der Waals surface area contributed by atoms with Gasteiger partial charge in [-0.3, -0.25) is 4.79 Å². The maximum absolute atomic E-state index is 14.1. The van der Waals surface area contributed by atoms with Crippen molar-refractivity contribution >= 4 is 11.8 Å². The van der Waals surface area contributed by atoms with Crippen molar-refractivity contribution in [3.8, 4) is 0 Å². The maximum Gasteiger partial charge on any atom is 0.334 e. The topological polar surface area (TPSA) is 224 Å². The van der Waals surface area contributed by atoms with Crippen LogP contribution in [0.2, 0.25) is 0 Å². The smallest absolute Gasteiger partial charge is 0.334 e. The first kappa shape index (κ1) is 35.1. The van der Waals surface area contributed by atoms with Crippen molar-refractivity contribution in [1.82, 2.24) is 0 Å². The van der Waals surface area contributed by atoms with Crippen LogP contribution in [0.15, 0.2) is 22.8 Å². The Morgan fingerprint density at radius 3 is 2.32 bits per heavy atom. The number of ketones is 1. The van der Waals surface area contributed by atoms with E-state index < -0.39 is 95.1 Å². The van der Waals surface area contributed by atoms with Gasteiger partial charge >= 0.3 is 5.97 Å². The zero-order chi connectivity index (χ0) is 34.6. The molecule has 264 valence electrons. The molecule has 4 aliphatic carbocycles. The lowest BCUT2D eigenvalue weighted by molar-refractivity contribution is -0.312. The number of allylic oxidation sites excluding steroid dienone is 1. The van der Waals surface area contributed by atoms with Crippen molar-refractivity contribution in [2.75, 3.05) is 6.61 Å². The van der Waals surface area contributed by atoms with E-state index in [0.717, 1.165) is 5.57 Å². The average Bonchev–Trinajstić information content (AvgIpc) is 3.18. The van der Waals surface area contributed by atoms with Crippen LogP contribution >= 0.6 is 0 Å². The first-order chi connectivity index (χ1) is 21.8. The molecule has 4 fully saturated rings. The highest BCUT2D eigenvalue weighted by molar-refractivity contribution is 5.90. The van der Waals surface area contributed by atoms with Gasteiger partial charge < -0.3 is 55.1 Å². The standard InChI is InChI=1S/C34H50O13/c1-15-10-24(47-28(41)16(15)2)32(5,42)34(44)23(37)13-33(43)20-7-6-17-11-18(45-29-27(40)26(39)25(38)21(14-35)46-29)12-22(36)31(17,4)19(20)8-9-30(33,34)3/h6,18-21,23-27,29,35,37-40,42-44H,7-14H2,1-5H3/t18-,19-,20+,21-,23-,24-,25-,26+,27-,29-,30+,31+,32-,33+,34+/m1/s1. The number of carbonyl (C=O) groups excluding carboxylic acids is 2. The van der Waals surface area contributed by atoms with Crippen LogP contribution in [0.25, 0.3) is 0 Å². The van der Waals surface area contributed by atoms with Crippen LogP contribution in [0, 0.1) is 22.7 Å². The Morgan fingerprint density at radius 2 is 1.68 bits per heavy atom. The van der Waals surface area contributed by atoms with Gasteiger partial charge in [0.1, 0.15) is 47.5 Å². The van der Waals surface area contributed by atoms with E-state index in [-0.39, 0.29) is 37.4 Å². The summed E-state index contributed by atoms with van der Waals surface area (Å²) in [5.41, 5.74) is -6.60. The summed E-state index contributed by atoms with van der Waals surface area (Å²) < 4.78 is 17.1. The molecule has 0 amide bonds. The molecule has 47 heavy (non-hydrogen) atoms. The minimum absolute atomic E-state index is 0.0532. The first-order valence-corrected chi connectivity index (χ1v) is 16.7. The lowest BCUT2D eigenvalue weighted by Crippen LogP contribution is -2.74. The molecule has 13 nitrogen and oxygen atoms in total. The quantitative estimate of drug-likeness (QED) is 0.138. The van der Waals surface area contributed by atoms with Crippen LogP contribution < -0.4 is 0 Å². The summed E-state index contributed by atoms with van der Waals surface area (Å²) in [6.45, 7) is 7.65. The fourth-order valence-electron chi connectivity index (χ4n) is 10.3. The molecule has 0 unspecified atom stereocenters. The summed E-state index contributed by atoms with van der Waals surface area (Å²) in [5, 5.41) is 89.1. The Morgan fingerprint density at radius 1 is 1.00 bits per heavy atom. The van der Waals surface area contributed by atoms with Crippen molar-refractivity contribution in [2.45, 2.75) is 145 Å². The molecular formula is C34H50O13. The number of aliphatic hydroxyl groups is 8. The number of carbonyl (C=O) groups is 2. The van der Waals surface area contributed by atoms with Gasteiger partial charge in [0.15, 0.2) is 6.29 Å². The molecular weight excluding hydrogens is 616 g/mol. The van der Waals surface area contributed by atoms with Crippen LogP contribution in [0.3, 0.4) is 0 Å². The molecule has 3 saturated carbocycles. The van der Waals surface area contributed by atoms with Crippen molar-refractivity contribution < 1.29 is 64.7 Å². The van der Waals surface area contributed by atoms with Gasteiger partial charge in [0.2, 0.25) is 0 Å². The van der Waals surface area contributed by atoms with Gasteiger partial charge in [0.05, 0.1) is 29.8 Å². The maximum atomic E-state index is 14.1. The van der Waals surface area contributed by atoms with Crippen molar-refractivity contribution in [1.29, 1.82) is 0 Å². The molecule has 0 radical (unpaired) electrons. The summed E-state index contributed by atoms with van der Waals surface area (Å²) in [5.74, 6) is -1.68. The number of rotatable bonds is 5. The fraction of sp³-hybridized carbons (Fsp3) is 0.824. The number of aliphatic hydroxyl groups excluding tert-OH is 5. The zero-order valence-corrected chi connectivity index (χ0v) is 27.6. The Kier molecular flexibility index (Phi) is 8.48. The molecule has 0 aromatic heterocycles. The highest BCUT2D eigenvalue weighted by Crippen LogP contribution is 2.70. The second kappa shape index (κ2) is 11.4. The van der Waals surface area contributed by atoms with Crippen molar-refractivity contribution in [3.05, 3.63) is 22.8 Å². The van der Waals surface area contributed by atoms with E-state index in [9.17, 15) is 50.4 Å². The Balaban J connectivity index is 1.27. The van der Waals surface area contributed by atoms with Gasteiger partial charge in [-0.05, 0) is 65.2 Å². The predicted octanol–water partition coefficient (Wildman–Crippen LogP) is -0.467. The number of ether oxygens (including phenoxy) is 3. The second-order valence-electron chi connectivity index (χ2n) is 15.6. The number of esters is 1. The van der Waals surface area contributed by atoms with Gasteiger partial charge in [-0.15, -0.1) is 0 Å². The number of cyclic esters (lactones) is 1. The Hall–Kier alpha value is -1.78. The van der Waals surface area contributed by atoms with Crippen LogP contribution in [0.1, 0.15) is 79.6 Å². The van der Waals surface area contributed by atoms with Crippen LogP contribution in [-0.4, -0.2) is 125 Å². The fourth-order valence-corrected chi connectivity index (χ4v) is 10.3. The lowest BCUT2D eigenvalue weighted by Gasteiger charge is -2.63. The molecule has 1 saturated heterocycles. The van der Waals surface area contributed by atoms with Crippen LogP contribution in [0.4, 0.5) is 0 Å². The van der Waals surface area contributed by atoms with E-state index in [4.69, 9.17) is 14.2 Å². The Bertz CT molecular complexity index is 1370. The monoisotopic (exact) mass is 666 g/mol. The minimum atomic E-state index is -2.26. The van der Waals surface area contributed by atoms with Crippen molar-refractivity contribution in [2.24, 2.45) is 22.7 Å². The summed E-state index contributed by atoms with van der Waals surface area (Å²) in [7, 11) is 0. The summed E-state index contributed by atoms with van der Waals surface area (Å²) >= 11 is 0. The van der Waals surface area contributed by atoms with Crippen LogP contribution in [-0.2, 0) is 23.8 Å². The predicted molar refractivity (Wildman–Crippen MR) is 162 cm³/mol. The highest BCUT2D eigenvalue weighted by atomic mass is 16.7. The van der Waals surface area contributed by atoms with E-state index in [1.807, 2.05) is 13.0 Å². The zero-order valence-electron chi connectivity index (χ0n) is 27.6. The van der Waals surface area contributed by atoms with Gasteiger partial charge in [-0.1, -0.05) is 24.1 Å². The molecule has 8 N–H and O–H groups in total. The largest absolute Gasteiger partial charge is 0.455 e. The average molecular weight is 667 g/mol. The molecule has 2 aliphatic heterocycles. The molecule has 0 spiro atoms. The van der Waals surface area contributed by atoms with E-state index in [1.165, 1.54) is 6.92 Å². The molecule has 6 rings (SSSR count). The molecule has 6 aliphatic rings. The number of Topliss-reactive ketones (excluding diaryl/α,β-unsaturated/α-hetero) is 1. The van der Waals surface area contributed by atoms with E-state index in [0.29, 0.717) is 30.4 Å². The molecule has 15 atom stereocenters. The van der Waals surface area contributed by atoms with Crippen molar-refractivity contribution in [3.63, 3.8) is 0 Å². The lowest BCUT2D eigenvalue weighted by atomic mass is 9.44. The van der Waals surface area contributed by atoms with Gasteiger partial charge in [0, 0.05) is 30.3 Å². The number of hydrogen-bond donors (Lipinski definition) is 8. The summed E-state index contributed by atoms with van der Waals surface area (Å²) in [6.07, 6.45) is -7.76.